The van der Waals surface area contributed by atoms with Crippen LogP contribution in [0.2, 0.25) is 5.28 Å². The van der Waals surface area contributed by atoms with Crippen LogP contribution < -0.4 is 19.9 Å². The molecule has 3 rings (SSSR count). The van der Waals surface area contributed by atoms with Gasteiger partial charge in [-0.15, -0.1) is 0 Å². The SMILES string of the molecule is COc1cc2nc(Cl)nc(OC3CCC(N)CC3)c2cc1OC. The highest BCUT2D eigenvalue weighted by Crippen LogP contribution is 2.36. The van der Waals surface area contributed by atoms with Gasteiger partial charge in [-0.1, -0.05) is 0 Å². The Labute approximate surface area is 139 Å². The van der Waals surface area contributed by atoms with E-state index in [9.17, 15) is 0 Å². The van der Waals surface area contributed by atoms with E-state index < -0.39 is 0 Å². The van der Waals surface area contributed by atoms with Crippen molar-refractivity contribution in [2.45, 2.75) is 37.8 Å². The molecule has 23 heavy (non-hydrogen) atoms. The van der Waals surface area contributed by atoms with Gasteiger partial charge in [0.25, 0.3) is 0 Å². The first-order valence-electron chi connectivity index (χ1n) is 7.62. The van der Waals surface area contributed by atoms with Gasteiger partial charge in [-0.05, 0) is 43.4 Å². The fourth-order valence-corrected chi connectivity index (χ4v) is 3.02. The average molecular weight is 338 g/mol. The van der Waals surface area contributed by atoms with Crippen molar-refractivity contribution in [2.75, 3.05) is 14.2 Å². The second-order valence-electron chi connectivity index (χ2n) is 5.68. The maximum Gasteiger partial charge on any atom is 0.226 e. The van der Waals surface area contributed by atoms with Crippen LogP contribution in [0.3, 0.4) is 0 Å². The van der Waals surface area contributed by atoms with Gasteiger partial charge in [-0.25, -0.2) is 4.98 Å². The standard InChI is InChI=1S/C16H20ClN3O3/c1-21-13-7-11-12(8-14(13)22-2)19-16(17)20-15(11)23-10-5-3-9(18)4-6-10/h7-10H,3-6,18H2,1-2H3. The van der Waals surface area contributed by atoms with Gasteiger partial charge in [-0.2, -0.15) is 4.98 Å². The van der Waals surface area contributed by atoms with Crippen molar-refractivity contribution < 1.29 is 14.2 Å². The van der Waals surface area contributed by atoms with E-state index in [4.69, 9.17) is 31.5 Å². The van der Waals surface area contributed by atoms with E-state index in [2.05, 4.69) is 9.97 Å². The zero-order valence-electron chi connectivity index (χ0n) is 13.2. The van der Waals surface area contributed by atoms with E-state index in [1.54, 1.807) is 20.3 Å². The molecule has 1 fully saturated rings. The maximum atomic E-state index is 6.08. The van der Waals surface area contributed by atoms with Crippen LogP contribution in [0.5, 0.6) is 17.4 Å². The lowest BCUT2D eigenvalue weighted by Gasteiger charge is -2.26. The summed E-state index contributed by atoms with van der Waals surface area (Å²) in [6.07, 6.45) is 3.84. The number of nitrogens with two attached hydrogens (primary N) is 1. The molecule has 1 heterocycles. The van der Waals surface area contributed by atoms with Crippen LogP contribution in [0.4, 0.5) is 0 Å². The van der Waals surface area contributed by atoms with Crippen LogP contribution in [0.15, 0.2) is 12.1 Å². The van der Waals surface area contributed by atoms with Crippen molar-refractivity contribution in [3.05, 3.63) is 17.4 Å². The Morgan fingerprint density at radius 2 is 1.70 bits per heavy atom. The van der Waals surface area contributed by atoms with Gasteiger partial charge in [0.2, 0.25) is 11.2 Å². The number of fused-ring (bicyclic) bond motifs is 1. The Balaban J connectivity index is 1.98. The van der Waals surface area contributed by atoms with Gasteiger partial charge in [0.1, 0.15) is 6.10 Å². The van der Waals surface area contributed by atoms with Crippen molar-refractivity contribution in [3.8, 4) is 17.4 Å². The average Bonchev–Trinajstić information content (AvgIpc) is 2.55. The zero-order chi connectivity index (χ0) is 16.4. The van der Waals surface area contributed by atoms with Crippen LogP contribution in [0.1, 0.15) is 25.7 Å². The number of nitrogens with zero attached hydrogens (tertiary/aromatic N) is 2. The van der Waals surface area contributed by atoms with Gasteiger partial charge < -0.3 is 19.9 Å². The van der Waals surface area contributed by atoms with Gasteiger partial charge in [-0.3, -0.25) is 0 Å². The number of hydrogen-bond donors (Lipinski definition) is 1. The quantitative estimate of drug-likeness (QED) is 0.864. The molecule has 0 atom stereocenters. The van der Waals surface area contributed by atoms with E-state index >= 15 is 0 Å². The summed E-state index contributed by atoms with van der Waals surface area (Å²) in [6.45, 7) is 0. The van der Waals surface area contributed by atoms with E-state index in [0.29, 0.717) is 22.9 Å². The van der Waals surface area contributed by atoms with Crippen molar-refractivity contribution >= 4 is 22.5 Å². The Morgan fingerprint density at radius 1 is 1.04 bits per heavy atom. The molecule has 124 valence electrons. The van der Waals surface area contributed by atoms with Crippen molar-refractivity contribution in [3.63, 3.8) is 0 Å². The monoisotopic (exact) mass is 337 g/mol. The molecule has 7 heteroatoms. The smallest absolute Gasteiger partial charge is 0.226 e. The molecule has 0 unspecified atom stereocenters. The second-order valence-corrected chi connectivity index (χ2v) is 6.01. The van der Waals surface area contributed by atoms with Crippen LogP contribution in [-0.2, 0) is 0 Å². The highest BCUT2D eigenvalue weighted by atomic mass is 35.5. The summed E-state index contributed by atoms with van der Waals surface area (Å²) in [5.74, 6) is 1.66. The topological polar surface area (TPSA) is 79.5 Å². The summed E-state index contributed by atoms with van der Waals surface area (Å²) < 4.78 is 16.7. The molecule has 6 nitrogen and oxygen atoms in total. The minimum Gasteiger partial charge on any atom is -0.493 e. The molecule has 0 saturated heterocycles. The minimum atomic E-state index is 0.0945. The van der Waals surface area contributed by atoms with Crippen molar-refractivity contribution in [2.24, 2.45) is 5.73 Å². The van der Waals surface area contributed by atoms with E-state index in [1.165, 1.54) is 0 Å². The largest absolute Gasteiger partial charge is 0.493 e. The number of rotatable bonds is 4. The Kier molecular flexibility index (Phi) is 4.73. The molecule has 0 aliphatic heterocycles. The summed E-state index contributed by atoms with van der Waals surface area (Å²) >= 11 is 6.04. The summed E-state index contributed by atoms with van der Waals surface area (Å²) in [7, 11) is 3.17. The fraction of sp³-hybridized carbons (Fsp3) is 0.500. The molecule has 0 spiro atoms. The normalized spacial score (nSPS) is 21.2. The summed E-state index contributed by atoms with van der Waals surface area (Å²) in [5, 5.41) is 0.897. The lowest BCUT2D eigenvalue weighted by Crippen LogP contribution is -2.31. The molecule has 0 bridgehead atoms. The minimum absolute atomic E-state index is 0.0945. The van der Waals surface area contributed by atoms with Crippen LogP contribution in [0.25, 0.3) is 10.9 Å². The molecular formula is C16H20ClN3O3. The molecule has 2 aromatic rings. The number of aromatic nitrogens is 2. The van der Waals surface area contributed by atoms with E-state index in [0.717, 1.165) is 31.1 Å². The van der Waals surface area contributed by atoms with E-state index in [1.807, 2.05) is 6.07 Å². The molecule has 1 aliphatic carbocycles. The predicted molar refractivity (Wildman–Crippen MR) is 88.5 cm³/mol. The Hall–Kier alpha value is -1.79. The van der Waals surface area contributed by atoms with Crippen molar-refractivity contribution in [1.29, 1.82) is 0 Å². The third-order valence-corrected chi connectivity index (χ3v) is 4.30. The van der Waals surface area contributed by atoms with Crippen molar-refractivity contribution in [1.82, 2.24) is 9.97 Å². The first kappa shape index (κ1) is 16.1. The third-order valence-electron chi connectivity index (χ3n) is 4.14. The first-order valence-corrected chi connectivity index (χ1v) is 8.00. The van der Waals surface area contributed by atoms with Crippen LogP contribution in [0, 0.1) is 0 Å². The predicted octanol–water partition coefficient (Wildman–Crippen LogP) is 2.95. The summed E-state index contributed by atoms with van der Waals surface area (Å²) in [4.78, 5) is 8.49. The number of hydrogen-bond acceptors (Lipinski definition) is 6. The van der Waals surface area contributed by atoms with Gasteiger partial charge >= 0.3 is 0 Å². The number of benzene rings is 1. The maximum absolute atomic E-state index is 6.08. The molecule has 1 aliphatic rings. The summed E-state index contributed by atoms with van der Waals surface area (Å²) in [5.41, 5.74) is 6.60. The molecular weight excluding hydrogens is 318 g/mol. The number of methoxy groups -OCH3 is 2. The van der Waals surface area contributed by atoms with Crippen LogP contribution >= 0.6 is 11.6 Å². The van der Waals surface area contributed by atoms with E-state index in [-0.39, 0.29) is 17.4 Å². The van der Waals surface area contributed by atoms with Gasteiger partial charge in [0.15, 0.2) is 11.5 Å². The van der Waals surface area contributed by atoms with Gasteiger partial charge in [0, 0.05) is 12.1 Å². The second kappa shape index (κ2) is 6.76. The Morgan fingerprint density at radius 3 is 2.35 bits per heavy atom. The van der Waals surface area contributed by atoms with Gasteiger partial charge in [0.05, 0.1) is 25.1 Å². The fourth-order valence-electron chi connectivity index (χ4n) is 2.85. The highest BCUT2D eigenvalue weighted by Gasteiger charge is 2.22. The number of ether oxygens (including phenoxy) is 3. The summed E-state index contributed by atoms with van der Waals surface area (Å²) in [6, 6.07) is 3.85. The third kappa shape index (κ3) is 3.43. The molecule has 2 N–H and O–H groups in total. The Bertz CT molecular complexity index is 703. The molecule has 1 saturated carbocycles. The first-order chi connectivity index (χ1) is 11.1. The molecule has 0 amide bonds. The highest BCUT2D eigenvalue weighted by molar-refractivity contribution is 6.28. The molecule has 1 aromatic heterocycles. The lowest BCUT2D eigenvalue weighted by molar-refractivity contribution is 0.143. The molecule has 0 radical (unpaired) electrons. The molecule has 1 aromatic carbocycles. The number of halogens is 1. The van der Waals surface area contributed by atoms with Crippen LogP contribution in [-0.4, -0.2) is 36.3 Å². The zero-order valence-corrected chi connectivity index (χ0v) is 14.0. The lowest BCUT2D eigenvalue weighted by atomic mass is 9.94.